The number of rotatable bonds is 5. The number of aryl methyl sites for hydroxylation is 2. The molecule has 2 aromatic rings. The van der Waals surface area contributed by atoms with Gasteiger partial charge in [0.2, 0.25) is 0 Å². The van der Waals surface area contributed by atoms with Gasteiger partial charge in [0.05, 0.1) is 6.10 Å². The monoisotopic (exact) mass is 269 g/mol. The normalized spacial score (nSPS) is 10.7. The fraction of sp³-hybridized carbons (Fsp3) is 0.333. The molecule has 0 saturated heterocycles. The Labute approximate surface area is 121 Å². The third-order valence-electron chi connectivity index (χ3n) is 3.17. The van der Waals surface area contributed by atoms with Crippen LogP contribution in [0.5, 0.6) is 5.75 Å². The second kappa shape index (κ2) is 6.47. The molecule has 2 nitrogen and oxygen atoms in total. The molecule has 0 radical (unpaired) electrons. The average molecular weight is 269 g/mol. The smallest absolute Gasteiger partial charge is 0.120 e. The zero-order valence-electron chi connectivity index (χ0n) is 12.7. The first-order valence-corrected chi connectivity index (χ1v) is 7.11. The van der Waals surface area contributed by atoms with Gasteiger partial charge < -0.3 is 10.1 Å². The molecule has 0 aromatic heterocycles. The number of nitrogens with one attached hydrogen (secondary N) is 1. The van der Waals surface area contributed by atoms with Crippen LogP contribution in [0.1, 0.15) is 30.5 Å². The first-order chi connectivity index (χ1) is 9.54. The lowest BCUT2D eigenvalue weighted by atomic mass is 10.1. The van der Waals surface area contributed by atoms with Crippen molar-refractivity contribution in [2.45, 2.75) is 40.3 Å². The summed E-state index contributed by atoms with van der Waals surface area (Å²) in [6, 6.07) is 14.8. The predicted octanol–water partition coefficient (Wildman–Crippen LogP) is 4.70. The van der Waals surface area contributed by atoms with Crippen LogP contribution in [0.4, 0.5) is 5.69 Å². The highest BCUT2D eigenvalue weighted by atomic mass is 16.5. The molecule has 0 spiro atoms. The molecule has 0 fully saturated rings. The van der Waals surface area contributed by atoms with Crippen molar-refractivity contribution in [1.29, 1.82) is 0 Å². The molecule has 106 valence electrons. The van der Waals surface area contributed by atoms with Gasteiger partial charge in [-0.2, -0.15) is 0 Å². The largest absolute Gasteiger partial charge is 0.491 e. The van der Waals surface area contributed by atoms with Crippen LogP contribution in [-0.4, -0.2) is 6.10 Å². The Morgan fingerprint density at radius 3 is 2.30 bits per heavy atom. The highest BCUT2D eigenvalue weighted by molar-refractivity contribution is 5.53. The summed E-state index contributed by atoms with van der Waals surface area (Å²) in [7, 11) is 0. The van der Waals surface area contributed by atoms with Crippen molar-refractivity contribution in [3.8, 4) is 5.75 Å². The maximum absolute atomic E-state index is 5.70. The van der Waals surface area contributed by atoms with Crippen LogP contribution in [0.3, 0.4) is 0 Å². The molecule has 0 heterocycles. The van der Waals surface area contributed by atoms with E-state index in [0.717, 1.165) is 18.0 Å². The first kappa shape index (κ1) is 14.4. The standard InChI is InChI=1S/C18H23NO/c1-13(2)20-17-9-10-18(15(4)11-17)19-12-16-7-5-14(3)6-8-16/h5-11,13,19H,12H2,1-4H3. The molecule has 2 rings (SSSR count). The van der Waals surface area contributed by atoms with Crippen molar-refractivity contribution in [3.63, 3.8) is 0 Å². The van der Waals surface area contributed by atoms with E-state index >= 15 is 0 Å². The van der Waals surface area contributed by atoms with Gasteiger partial charge in [0.1, 0.15) is 5.75 Å². The Morgan fingerprint density at radius 1 is 1.00 bits per heavy atom. The molecular formula is C18H23NO. The topological polar surface area (TPSA) is 21.3 Å². The molecule has 0 amide bonds. The van der Waals surface area contributed by atoms with Crippen LogP contribution in [0.25, 0.3) is 0 Å². The first-order valence-electron chi connectivity index (χ1n) is 7.11. The van der Waals surface area contributed by atoms with Gasteiger partial charge >= 0.3 is 0 Å². The van der Waals surface area contributed by atoms with E-state index in [1.54, 1.807) is 0 Å². The van der Waals surface area contributed by atoms with E-state index in [4.69, 9.17) is 4.74 Å². The van der Waals surface area contributed by atoms with Crippen molar-refractivity contribution in [2.24, 2.45) is 0 Å². The lowest BCUT2D eigenvalue weighted by Crippen LogP contribution is -2.06. The van der Waals surface area contributed by atoms with Crippen LogP contribution in [0.15, 0.2) is 42.5 Å². The molecule has 2 heteroatoms. The summed E-state index contributed by atoms with van der Waals surface area (Å²) in [5.74, 6) is 0.929. The molecule has 0 bridgehead atoms. The Morgan fingerprint density at radius 2 is 1.70 bits per heavy atom. The van der Waals surface area contributed by atoms with Gasteiger partial charge in [0.15, 0.2) is 0 Å². The van der Waals surface area contributed by atoms with Gasteiger partial charge in [-0.1, -0.05) is 29.8 Å². The second-order valence-electron chi connectivity index (χ2n) is 5.48. The summed E-state index contributed by atoms with van der Waals surface area (Å²) in [5, 5.41) is 3.47. The Kier molecular flexibility index (Phi) is 4.67. The molecule has 0 aliphatic rings. The Bertz CT molecular complexity index is 558. The minimum Gasteiger partial charge on any atom is -0.491 e. The van der Waals surface area contributed by atoms with Crippen molar-refractivity contribution < 1.29 is 4.74 Å². The molecule has 1 N–H and O–H groups in total. The van der Waals surface area contributed by atoms with Gasteiger partial charge in [-0.05, 0) is 57.0 Å². The van der Waals surface area contributed by atoms with Crippen molar-refractivity contribution in [3.05, 3.63) is 59.2 Å². The number of benzene rings is 2. The Balaban J connectivity index is 2.01. The van der Waals surface area contributed by atoms with E-state index < -0.39 is 0 Å². The van der Waals surface area contributed by atoms with Gasteiger partial charge in [-0.25, -0.2) is 0 Å². The van der Waals surface area contributed by atoms with Gasteiger partial charge in [-0.15, -0.1) is 0 Å². The summed E-state index contributed by atoms with van der Waals surface area (Å²) in [5.41, 5.74) is 4.94. The van der Waals surface area contributed by atoms with Crippen LogP contribution < -0.4 is 10.1 Å². The lowest BCUT2D eigenvalue weighted by molar-refractivity contribution is 0.242. The highest BCUT2D eigenvalue weighted by Gasteiger charge is 2.02. The summed E-state index contributed by atoms with van der Waals surface area (Å²) >= 11 is 0. The fourth-order valence-electron chi connectivity index (χ4n) is 2.08. The summed E-state index contributed by atoms with van der Waals surface area (Å²) in [4.78, 5) is 0. The molecular weight excluding hydrogens is 246 g/mol. The molecule has 20 heavy (non-hydrogen) atoms. The minimum atomic E-state index is 0.209. The fourth-order valence-corrected chi connectivity index (χ4v) is 2.08. The second-order valence-corrected chi connectivity index (χ2v) is 5.48. The third kappa shape index (κ3) is 4.02. The maximum atomic E-state index is 5.70. The zero-order valence-corrected chi connectivity index (χ0v) is 12.7. The quantitative estimate of drug-likeness (QED) is 0.849. The molecule has 0 aliphatic carbocycles. The van der Waals surface area contributed by atoms with Gasteiger partial charge in [0.25, 0.3) is 0 Å². The number of hydrogen-bond acceptors (Lipinski definition) is 2. The van der Waals surface area contributed by atoms with Crippen LogP contribution in [-0.2, 0) is 6.54 Å². The summed E-state index contributed by atoms with van der Waals surface area (Å²) in [6.45, 7) is 9.13. The summed E-state index contributed by atoms with van der Waals surface area (Å²) in [6.07, 6.45) is 0.209. The summed E-state index contributed by atoms with van der Waals surface area (Å²) < 4.78 is 5.70. The minimum absolute atomic E-state index is 0.209. The number of ether oxygens (including phenoxy) is 1. The van der Waals surface area contributed by atoms with Crippen LogP contribution in [0, 0.1) is 13.8 Å². The predicted molar refractivity (Wildman–Crippen MR) is 85.4 cm³/mol. The van der Waals surface area contributed by atoms with E-state index in [0.29, 0.717) is 0 Å². The van der Waals surface area contributed by atoms with E-state index in [1.807, 2.05) is 19.9 Å². The molecule has 0 aliphatic heterocycles. The van der Waals surface area contributed by atoms with Crippen molar-refractivity contribution in [2.75, 3.05) is 5.32 Å². The third-order valence-corrected chi connectivity index (χ3v) is 3.17. The molecule has 0 unspecified atom stereocenters. The van der Waals surface area contributed by atoms with Crippen molar-refractivity contribution >= 4 is 5.69 Å². The number of anilines is 1. The highest BCUT2D eigenvalue weighted by Crippen LogP contribution is 2.22. The maximum Gasteiger partial charge on any atom is 0.120 e. The SMILES string of the molecule is Cc1ccc(CNc2ccc(OC(C)C)cc2C)cc1. The van der Waals surface area contributed by atoms with E-state index in [2.05, 4.69) is 55.6 Å². The van der Waals surface area contributed by atoms with Crippen LogP contribution in [0.2, 0.25) is 0 Å². The van der Waals surface area contributed by atoms with E-state index in [1.165, 1.54) is 16.7 Å². The molecule has 0 atom stereocenters. The zero-order chi connectivity index (χ0) is 14.5. The van der Waals surface area contributed by atoms with Crippen molar-refractivity contribution in [1.82, 2.24) is 0 Å². The molecule has 2 aromatic carbocycles. The number of hydrogen-bond donors (Lipinski definition) is 1. The lowest BCUT2D eigenvalue weighted by Gasteiger charge is -2.14. The Hall–Kier alpha value is -1.96. The van der Waals surface area contributed by atoms with Gasteiger partial charge in [0, 0.05) is 12.2 Å². The van der Waals surface area contributed by atoms with E-state index in [-0.39, 0.29) is 6.10 Å². The van der Waals surface area contributed by atoms with E-state index in [9.17, 15) is 0 Å². The molecule has 0 saturated carbocycles. The van der Waals surface area contributed by atoms with Crippen LogP contribution >= 0.6 is 0 Å². The van der Waals surface area contributed by atoms with Gasteiger partial charge in [-0.3, -0.25) is 0 Å². The average Bonchev–Trinajstić information content (AvgIpc) is 2.39.